The van der Waals surface area contributed by atoms with Gasteiger partial charge in [0.1, 0.15) is 16.9 Å². The highest BCUT2D eigenvalue weighted by atomic mass is 32.1. The van der Waals surface area contributed by atoms with Crippen molar-refractivity contribution < 1.29 is 4.42 Å². The van der Waals surface area contributed by atoms with Gasteiger partial charge in [-0.2, -0.15) is 0 Å². The molecule has 6 heteroatoms. The Balaban J connectivity index is 1.03. The van der Waals surface area contributed by atoms with Crippen molar-refractivity contribution in [1.82, 2.24) is 18.9 Å². The molecule has 0 fully saturated rings. The van der Waals surface area contributed by atoms with Crippen LogP contribution in [-0.4, -0.2) is 18.9 Å². The molecular formula is C58H30N4OS. The first-order valence-electron chi connectivity index (χ1n) is 21.7. The number of aromatic nitrogens is 4. The highest BCUT2D eigenvalue weighted by molar-refractivity contribution is 7.26. The van der Waals surface area contributed by atoms with Crippen LogP contribution in [-0.2, 0) is 0 Å². The molecule has 16 aromatic rings. The van der Waals surface area contributed by atoms with Crippen LogP contribution in [0.5, 0.6) is 0 Å². The van der Waals surface area contributed by atoms with E-state index in [-0.39, 0.29) is 0 Å². The number of fused-ring (bicyclic) bond motifs is 13. The maximum absolute atomic E-state index is 6.31. The van der Waals surface area contributed by atoms with E-state index < -0.39 is 0 Å². The third-order valence-electron chi connectivity index (χ3n) is 14.0. The molecule has 5 nitrogen and oxygen atoms in total. The Labute approximate surface area is 366 Å². The van der Waals surface area contributed by atoms with Crippen LogP contribution >= 0.6 is 11.3 Å². The normalized spacial score (nSPS) is 12.7. The summed E-state index contributed by atoms with van der Waals surface area (Å²) in [6.07, 6.45) is 0. The van der Waals surface area contributed by atoms with Crippen LogP contribution in [0, 0.1) is 0 Å². The molecule has 0 amide bonds. The van der Waals surface area contributed by atoms with Crippen LogP contribution in [0.4, 0.5) is 0 Å². The van der Waals surface area contributed by atoms with Gasteiger partial charge in [-0.05, 0) is 76.5 Å². The lowest BCUT2D eigenvalue weighted by Crippen LogP contribution is -2.04. The van der Waals surface area contributed by atoms with Gasteiger partial charge in [0.25, 0.3) is 0 Å². The number of hydrogen-bond donors (Lipinski definition) is 0. The van der Waals surface area contributed by atoms with Gasteiger partial charge in [0, 0.05) is 68.8 Å². The van der Waals surface area contributed by atoms with E-state index in [4.69, 9.17) is 14.4 Å². The molecule has 0 N–H and O–H groups in total. The molecule has 0 unspecified atom stereocenters. The van der Waals surface area contributed by atoms with Crippen molar-refractivity contribution in [2.45, 2.75) is 0 Å². The third kappa shape index (κ3) is 4.10. The molecular weight excluding hydrogens is 801 g/mol. The smallest absolute Gasteiger partial charge is 0.165 e. The largest absolute Gasteiger partial charge is 0.456 e. The van der Waals surface area contributed by atoms with Crippen LogP contribution in [0.2, 0.25) is 0 Å². The maximum Gasteiger partial charge on any atom is 0.165 e. The molecule has 6 heterocycles. The fourth-order valence-corrected chi connectivity index (χ4v) is 12.4. The van der Waals surface area contributed by atoms with Crippen LogP contribution in [0.1, 0.15) is 0 Å². The molecule has 0 saturated heterocycles. The van der Waals surface area contributed by atoms with E-state index in [0.29, 0.717) is 0 Å². The van der Waals surface area contributed by atoms with Crippen molar-refractivity contribution >= 4 is 135 Å². The SMILES string of the molecule is c1ccc2c(c1)oc1cc(-c3ccc(-c4nc5c6ccccc6c6ccccc6c5nc4-n4c5ccc6sc7ccc8c9ccccc9n9c%10cccc4c%10c5c6c7c89)cc3)ccc12. The Hall–Kier alpha value is -8.32. The van der Waals surface area contributed by atoms with E-state index in [0.717, 1.165) is 83.0 Å². The summed E-state index contributed by atoms with van der Waals surface area (Å²) in [4.78, 5) is 11.6. The lowest BCUT2D eigenvalue weighted by molar-refractivity contribution is 0.669. The summed E-state index contributed by atoms with van der Waals surface area (Å²) in [6, 6.07) is 65.8. The lowest BCUT2D eigenvalue weighted by Gasteiger charge is -2.16. The first kappa shape index (κ1) is 33.3. The second-order valence-corrected chi connectivity index (χ2v) is 18.3. The van der Waals surface area contributed by atoms with Crippen LogP contribution < -0.4 is 0 Å². The fourth-order valence-electron chi connectivity index (χ4n) is 11.3. The molecule has 0 aliphatic carbocycles. The molecule has 16 rings (SSSR count). The third-order valence-corrected chi connectivity index (χ3v) is 15.1. The Bertz CT molecular complexity index is 4660. The van der Waals surface area contributed by atoms with E-state index in [1.54, 1.807) is 0 Å². The molecule has 0 atom stereocenters. The van der Waals surface area contributed by atoms with Crippen molar-refractivity contribution in [1.29, 1.82) is 0 Å². The molecule has 0 saturated carbocycles. The first-order chi connectivity index (χ1) is 31.7. The molecule has 0 aliphatic rings. The quantitative estimate of drug-likeness (QED) is 0.167. The Morgan fingerprint density at radius 1 is 0.375 bits per heavy atom. The summed E-state index contributed by atoms with van der Waals surface area (Å²) in [5.41, 5.74) is 13.5. The van der Waals surface area contributed by atoms with E-state index >= 15 is 0 Å². The summed E-state index contributed by atoms with van der Waals surface area (Å²) >= 11 is 1.89. The zero-order chi connectivity index (χ0) is 41.4. The molecule has 0 bridgehead atoms. The first-order valence-corrected chi connectivity index (χ1v) is 22.6. The van der Waals surface area contributed by atoms with Gasteiger partial charge < -0.3 is 8.82 Å². The van der Waals surface area contributed by atoms with E-state index in [2.05, 4.69) is 179 Å². The molecule has 294 valence electrons. The minimum Gasteiger partial charge on any atom is -0.456 e. The van der Waals surface area contributed by atoms with Gasteiger partial charge in [-0.3, -0.25) is 4.57 Å². The number of para-hydroxylation sites is 2. The van der Waals surface area contributed by atoms with E-state index in [1.165, 1.54) is 69.0 Å². The molecule has 10 aromatic carbocycles. The second-order valence-electron chi connectivity index (χ2n) is 17.2. The van der Waals surface area contributed by atoms with Gasteiger partial charge in [0.2, 0.25) is 0 Å². The topological polar surface area (TPSA) is 48.3 Å². The van der Waals surface area contributed by atoms with E-state index in [9.17, 15) is 0 Å². The summed E-state index contributed by atoms with van der Waals surface area (Å²) in [6.45, 7) is 0. The maximum atomic E-state index is 6.31. The predicted octanol–water partition coefficient (Wildman–Crippen LogP) is 16.1. The Morgan fingerprint density at radius 2 is 0.969 bits per heavy atom. The second kappa shape index (κ2) is 11.8. The number of benzene rings is 10. The van der Waals surface area contributed by atoms with Crippen molar-refractivity contribution in [3.8, 4) is 28.2 Å². The molecule has 6 aromatic heterocycles. The average molecular weight is 831 g/mol. The number of thiophene rings is 1. The van der Waals surface area contributed by atoms with Crippen LogP contribution in [0.25, 0.3) is 152 Å². The van der Waals surface area contributed by atoms with Gasteiger partial charge in [-0.1, -0.05) is 127 Å². The summed E-state index contributed by atoms with van der Waals surface area (Å²) in [5.74, 6) is 0.809. The lowest BCUT2D eigenvalue weighted by atomic mass is 9.98. The zero-order valence-corrected chi connectivity index (χ0v) is 34.7. The van der Waals surface area contributed by atoms with E-state index in [1.807, 2.05) is 23.5 Å². The highest BCUT2D eigenvalue weighted by Crippen LogP contribution is 2.51. The predicted molar refractivity (Wildman–Crippen MR) is 268 cm³/mol. The Morgan fingerprint density at radius 3 is 1.80 bits per heavy atom. The monoisotopic (exact) mass is 830 g/mol. The summed E-state index contributed by atoms with van der Waals surface area (Å²) in [7, 11) is 0. The standard InChI is InChI=1S/C58H30N4OS/c1-3-14-39-34(10-1)35-11-2-4-15-40(35)56-55(39)59-54(32-22-20-31(21-23-32)33-24-25-38-37-13-6-8-19-46(37)63-47(38)30-33)58(60-56)62-44-18-9-17-43-50(44)51-45(62)27-29-48-52(51)53-49(64-48)28-26-41-36-12-5-7-16-42(36)61(43)57(41)53/h1-30H. The number of nitrogens with zero attached hydrogens (tertiary/aromatic N) is 4. The minimum absolute atomic E-state index is 0.809. The van der Waals surface area contributed by atoms with Gasteiger partial charge in [-0.25, -0.2) is 9.97 Å². The zero-order valence-electron chi connectivity index (χ0n) is 33.9. The van der Waals surface area contributed by atoms with Gasteiger partial charge in [0.15, 0.2) is 5.82 Å². The molecule has 0 spiro atoms. The minimum atomic E-state index is 0.809. The van der Waals surface area contributed by atoms with Gasteiger partial charge in [0.05, 0.1) is 38.6 Å². The van der Waals surface area contributed by atoms with Crippen LogP contribution in [0.3, 0.4) is 0 Å². The number of furan rings is 1. The van der Waals surface area contributed by atoms with Crippen molar-refractivity contribution in [2.24, 2.45) is 0 Å². The van der Waals surface area contributed by atoms with Crippen molar-refractivity contribution in [3.05, 3.63) is 182 Å². The number of hydrogen-bond acceptors (Lipinski definition) is 4. The fraction of sp³-hybridized carbons (Fsp3) is 0. The molecule has 0 aliphatic heterocycles. The van der Waals surface area contributed by atoms with Crippen molar-refractivity contribution in [2.75, 3.05) is 0 Å². The van der Waals surface area contributed by atoms with Gasteiger partial charge in [-0.15, -0.1) is 11.3 Å². The summed E-state index contributed by atoms with van der Waals surface area (Å²) < 4.78 is 13.8. The number of rotatable bonds is 3. The average Bonchev–Trinajstić information content (AvgIpc) is 4.09. The van der Waals surface area contributed by atoms with Crippen molar-refractivity contribution in [3.63, 3.8) is 0 Å². The molecule has 0 radical (unpaired) electrons. The Kier molecular flexibility index (Phi) is 6.13. The molecule has 64 heavy (non-hydrogen) atoms. The van der Waals surface area contributed by atoms with Crippen LogP contribution in [0.15, 0.2) is 186 Å². The highest BCUT2D eigenvalue weighted by Gasteiger charge is 2.28. The summed E-state index contributed by atoms with van der Waals surface area (Å²) in [5, 5.41) is 14.5. The van der Waals surface area contributed by atoms with Gasteiger partial charge >= 0.3 is 0 Å².